The number of hydrogen-bond acceptors (Lipinski definition) is 4. The Balaban J connectivity index is 1.95. The Morgan fingerprint density at radius 3 is 2.65 bits per heavy atom. The molecule has 8 heteroatoms. The van der Waals surface area contributed by atoms with Crippen molar-refractivity contribution in [3.63, 3.8) is 0 Å². The lowest BCUT2D eigenvalue weighted by atomic mass is 10.2. The quantitative estimate of drug-likeness (QED) is 0.894. The second-order valence-electron chi connectivity index (χ2n) is 4.89. The number of carbonyl (C=O) groups is 2. The van der Waals surface area contributed by atoms with Gasteiger partial charge < -0.3 is 10.2 Å². The Bertz CT molecular complexity index is 648. The molecule has 1 unspecified atom stereocenters. The van der Waals surface area contributed by atoms with Crippen molar-refractivity contribution >= 4 is 34.4 Å². The van der Waals surface area contributed by atoms with Crippen LogP contribution < -0.4 is 5.32 Å². The van der Waals surface area contributed by atoms with Gasteiger partial charge in [-0.15, -0.1) is 0 Å². The van der Waals surface area contributed by atoms with Gasteiger partial charge >= 0.3 is 0 Å². The molecular weight excluding hydrogens is 324 g/mol. The molecule has 124 valence electrons. The number of carbonyl (C=O) groups excluding carboxylic acids is 2. The molecule has 1 aromatic carbocycles. The average molecular weight is 341 g/mol. The zero-order valence-corrected chi connectivity index (χ0v) is 13.6. The van der Waals surface area contributed by atoms with Crippen LogP contribution in [0.1, 0.15) is 20.3 Å². The van der Waals surface area contributed by atoms with E-state index in [0.29, 0.717) is 11.2 Å². The minimum atomic E-state index is -0.858. The zero-order valence-electron chi connectivity index (χ0n) is 12.8. The number of amidine groups is 1. The van der Waals surface area contributed by atoms with Gasteiger partial charge in [0.25, 0.3) is 5.91 Å². The largest absolute Gasteiger partial charge is 0.352 e. The lowest BCUT2D eigenvalue weighted by Gasteiger charge is -2.19. The molecule has 1 heterocycles. The molecule has 0 bridgehead atoms. The van der Waals surface area contributed by atoms with Gasteiger partial charge in [-0.1, -0.05) is 11.8 Å². The fourth-order valence-corrected chi connectivity index (χ4v) is 3.29. The third-order valence-corrected chi connectivity index (χ3v) is 4.55. The summed E-state index contributed by atoms with van der Waals surface area (Å²) < 4.78 is 26.3. The first-order valence-corrected chi connectivity index (χ1v) is 8.11. The number of halogens is 2. The molecule has 2 rings (SSSR count). The maximum atomic E-state index is 13.5. The third kappa shape index (κ3) is 4.28. The number of benzene rings is 1. The SMILES string of the molecule is CCN(CC)C1=NC(=O)C(CC(=O)Nc2ccc(F)cc2F)S1. The van der Waals surface area contributed by atoms with Crippen LogP contribution in [0, 0.1) is 11.6 Å². The zero-order chi connectivity index (χ0) is 17.0. The Kier molecular flexibility index (Phi) is 5.70. The number of rotatable bonds is 5. The van der Waals surface area contributed by atoms with Crippen LogP contribution in [-0.4, -0.2) is 40.2 Å². The van der Waals surface area contributed by atoms with Crippen molar-refractivity contribution in [1.29, 1.82) is 0 Å². The van der Waals surface area contributed by atoms with Gasteiger partial charge in [0.15, 0.2) is 5.17 Å². The first-order chi connectivity index (χ1) is 10.9. The van der Waals surface area contributed by atoms with E-state index in [9.17, 15) is 18.4 Å². The third-order valence-electron chi connectivity index (χ3n) is 3.34. The molecule has 0 radical (unpaired) electrons. The number of nitrogens with zero attached hydrogens (tertiary/aromatic N) is 2. The van der Waals surface area contributed by atoms with E-state index in [-0.39, 0.29) is 18.0 Å². The van der Waals surface area contributed by atoms with Gasteiger partial charge in [0, 0.05) is 25.6 Å². The number of aliphatic imine (C=N–C) groups is 1. The molecule has 5 nitrogen and oxygen atoms in total. The van der Waals surface area contributed by atoms with E-state index in [0.717, 1.165) is 25.2 Å². The molecule has 2 amide bonds. The molecule has 1 atom stereocenters. The molecule has 1 aromatic rings. The summed E-state index contributed by atoms with van der Waals surface area (Å²) >= 11 is 1.23. The summed E-state index contributed by atoms with van der Waals surface area (Å²) in [5.41, 5.74) is -0.114. The maximum Gasteiger partial charge on any atom is 0.262 e. The Morgan fingerprint density at radius 2 is 2.04 bits per heavy atom. The highest BCUT2D eigenvalue weighted by atomic mass is 32.2. The van der Waals surface area contributed by atoms with Crippen molar-refractivity contribution in [2.24, 2.45) is 4.99 Å². The molecule has 0 saturated carbocycles. The molecule has 23 heavy (non-hydrogen) atoms. The van der Waals surface area contributed by atoms with Crippen LogP contribution in [0.4, 0.5) is 14.5 Å². The van der Waals surface area contributed by atoms with Gasteiger partial charge in [-0.3, -0.25) is 9.59 Å². The normalized spacial score (nSPS) is 17.1. The summed E-state index contributed by atoms with van der Waals surface area (Å²) in [5, 5.41) is 2.33. The van der Waals surface area contributed by atoms with E-state index >= 15 is 0 Å². The van der Waals surface area contributed by atoms with Gasteiger partial charge in [0.1, 0.15) is 16.9 Å². The lowest BCUT2D eigenvalue weighted by Crippen LogP contribution is -2.28. The van der Waals surface area contributed by atoms with Gasteiger partial charge in [-0.2, -0.15) is 4.99 Å². The van der Waals surface area contributed by atoms with Crippen LogP contribution in [0.15, 0.2) is 23.2 Å². The van der Waals surface area contributed by atoms with E-state index in [1.807, 2.05) is 18.7 Å². The number of thioether (sulfide) groups is 1. The van der Waals surface area contributed by atoms with Crippen molar-refractivity contribution in [2.75, 3.05) is 18.4 Å². The minimum absolute atomic E-state index is 0.114. The molecular formula is C15H17F2N3O2S. The molecule has 1 aliphatic heterocycles. The predicted octanol–water partition coefficient (Wildman–Crippen LogP) is 2.63. The first-order valence-electron chi connectivity index (χ1n) is 7.23. The highest BCUT2D eigenvalue weighted by Crippen LogP contribution is 2.27. The minimum Gasteiger partial charge on any atom is -0.352 e. The summed E-state index contributed by atoms with van der Waals surface area (Å²) in [6.45, 7) is 5.34. The standard InChI is InChI=1S/C15H17F2N3O2S/c1-3-20(4-2)15-19-14(22)12(23-15)8-13(21)18-11-6-5-9(16)7-10(11)17/h5-7,12H,3-4,8H2,1-2H3,(H,18,21). The summed E-state index contributed by atoms with van der Waals surface area (Å²) in [6.07, 6.45) is -0.116. The molecule has 0 aromatic heterocycles. The van der Waals surface area contributed by atoms with E-state index in [2.05, 4.69) is 10.3 Å². The van der Waals surface area contributed by atoms with Crippen molar-refractivity contribution in [3.8, 4) is 0 Å². The van der Waals surface area contributed by atoms with E-state index < -0.39 is 22.8 Å². The number of hydrogen-bond donors (Lipinski definition) is 1. The average Bonchev–Trinajstić information content (AvgIpc) is 2.84. The predicted molar refractivity (Wildman–Crippen MR) is 86.3 cm³/mol. The molecule has 1 aliphatic rings. The van der Waals surface area contributed by atoms with E-state index in [1.165, 1.54) is 11.8 Å². The van der Waals surface area contributed by atoms with Crippen molar-refractivity contribution in [2.45, 2.75) is 25.5 Å². The summed E-state index contributed by atoms with van der Waals surface area (Å²) in [5.74, 6) is -2.47. The second kappa shape index (κ2) is 7.54. The van der Waals surface area contributed by atoms with Crippen LogP contribution in [0.5, 0.6) is 0 Å². The molecule has 0 fully saturated rings. The topological polar surface area (TPSA) is 61.8 Å². The summed E-state index contributed by atoms with van der Waals surface area (Å²) in [7, 11) is 0. The Labute approximate surface area is 137 Å². The van der Waals surface area contributed by atoms with Crippen LogP contribution in [0.2, 0.25) is 0 Å². The summed E-state index contributed by atoms with van der Waals surface area (Å²) in [4.78, 5) is 29.7. The number of amides is 2. The highest BCUT2D eigenvalue weighted by molar-refractivity contribution is 8.15. The van der Waals surface area contributed by atoms with Crippen LogP contribution in [0.3, 0.4) is 0 Å². The summed E-state index contributed by atoms with van der Waals surface area (Å²) in [6, 6.07) is 2.88. The number of nitrogens with one attached hydrogen (secondary N) is 1. The smallest absolute Gasteiger partial charge is 0.262 e. The Hall–Kier alpha value is -1.96. The van der Waals surface area contributed by atoms with Gasteiger partial charge in [0.05, 0.1) is 5.69 Å². The lowest BCUT2D eigenvalue weighted by molar-refractivity contribution is -0.121. The van der Waals surface area contributed by atoms with Crippen molar-refractivity contribution in [1.82, 2.24) is 4.90 Å². The van der Waals surface area contributed by atoms with Gasteiger partial charge in [0.2, 0.25) is 5.91 Å². The van der Waals surface area contributed by atoms with E-state index in [1.54, 1.807) is 0 Å². The second-order valence-corrected chi connectivity index (χ2v) is 6.06. The highest BCUT2D eigenvalue weighted by Gasteiger charge is 2.32. The fourth-order valence-electron chi connectivity index (χ4n) is 2.10. The van der Waals surface area contributed by atoms with Crippen LogP contribution in [0.25, 0.3) is 0 Å². The van der Waals surface area contributed by atoms with Gasteiger partial charge in [-0.05, 0) is 26.0 Å². The molecule has 1 N–H and O–H groups in total. The van der Waals surface area contributed by atoms with Crippen LogP contribution >= 0.6 is 11.8 Å². The van der Waals surface area contributed by atoms with Crippen molar-refractivity contribution in [3.05, 3.63) is 29.8 Å². The maximum absolute atomic E-state index is 13.5. The molecule has 0 spiro atoms. The van der Waals surface area contributed by atoms with E-state index in [4.69, 9.17) is 0 Å². The number of anilines is 1. The van der Waals surface area contributed by atoms with Crippen molar-refractivity contribution < 1.29 is 18.4 Å². The molecule has 0 saturated heterocycles. The fraction of sp³-hybridized carbons (Fsp3) is 0.400. The molecule has 0 aliphatic carbocycles. The Morgan fingerprint density at radius 1 is 1.35 bits per heavy atom. The monoisotopic (exact) mass is 341 g/mol. The van der Waals surface area contributed by atoms with Gasteiger partial charge in [-0.25, -0.2) is 8.78 Å². The van der Waals surface area contributed by atoms with Crippen LogP contribution in [-0.2, 0) is 9.59 Å². The first kappa shape index (κ1) is 17.4.